The Balaban J connectivity index is 1.10. The van der Waals surface area contributed by atoms with E-state index >= 15 is 4.57 Å². The van der Waals surface area contributed by atoms with Crippen LogP contribution in [0.3, 0.4) is 0 Å². The molecule has 8 rings (SSSR count). The predicted molar refractivity (Wildman–Crippen MR) is 251 cm³/mol. The zero-order valence-corrected chi connectivity index (χ0v) is 41.7. The number of ether oxygens (including phenoxy) is 3. The Labute approximate surface area is 404 Å². The van der Waals surface area contributed by atoms with Crippen molar-refractivity contribution < 1.29 is 61.4 Å². The number of anilines is 2. The molecule has 1 aromatic carbocycles. The first-order valence-corrected chi connectivity index (χ1v) is 27.4. The normalized spacial score (nSPS) is 25.3. The summed E-state index contributed by atoms with van der Waals surface area (Å²) in [7, 11) is -7.62. The van der Waals surface area contributed by atoms with Crippen molar-refractivity contribution in [3.05, 3.63) is 65.2 Å². The van der Waals surface area contributed by atoms with Crippen LogP contribution in [0.25, 0.3) is 22.3 Å². The van der Waals surface area contributed by atoms with Crippen molar-refractivity contribution in [2.24, 2.45) is 5.92 Å². The monoisotopic (exact) mass is 1030 g/mol. The van der Waals surface area contributed by atoms with E-state index in [2.05, 4.69) is 40.5 Å². The Morgan fingerprint density at radius 2 is 1.79 bits per heavy atom. The fourth-order valence-electron chi connectivity index (χ4n) is 7.79. The van der Waals surface area contributed by atoms with Gasteiger partial charge >= 0.3 is 14.0 Å². The number of nitrogens with zero attached hydrogens (tertiary/aromatic N) is 8. The molecule has 3 fully saturated rings. The lowest BCUT2D eigenvalue weighted by Crippen LogP contribution is -2.50. The molecule has 4 aromatic heterocycles. The molecule has 5 aromatic rings. The van der Waals surface area contributed by atoms with E-state index in [1.165, 1.54) is 28.1 Å². The Bertz CT molecular complexity index is 2930. The molecule has 3 aliphatic heterocycles. The molecule has 3 saturated heterocycles. The molecule has 0 spiro atoms. The number of hydrogen-bond acceptors (Lipinski definition) is 20. The number of nitrogens with one attached hydrogen (secondary N) is 3. The topological polar surface area (TPSA) is 328 Å². The number of thioether (sulfide) groups is 1. The number of aromatic amines is 1. The van der Waals surface area contributed by atoms with Crippen LogP contribution < -0.4 is 16.2 Å². The molecule has 1 unspecified atom stereocenters. The van der Waals surface area contributed by atoms with E-state index < -0.39 is 117 Å². The number of aromatic nitrogens is 8. The van der Waals surface area contributed by atoms with Gasteiger partial charge in [-0.3, -0.25) is 47.4 Å². The third-order valence-electron chi connectivity index (χ3n) is 12.5. The number of carbonyl (C=O) groups is 3. The molecular formula is C42H52N11O14PSSi. The van der Waals surface area contributed by atoms with Gasteiger partial charge in [0.25, 0.3) is 11.5 Å². The SMILES string of the molecule is CC(C)C(=O)Nc1nc2c(ncn2[C@@H]2S[C@H](COP(=O)(OCCC#N)O[C@H]3[C@H]4OC[C@]3(CO)O[C@H]4n3cnc4c(NC(=O)c5ccccc5)ncnc43)[C@@H](O[Si](C)(C)C(C)(C)C)[C@H]2OC(=O)O)c(=O)[nH]1. The van der Waals surface area contributed by atoms with Gasteiger partial charge < -0.3 is 34.2 Å². The lowest BCUT2D eigenvalue weighted by atomic mass is 10.0. The van der Waals surface area contributed by atoms with Crippen LogP contribution in [0.5, 0.6) is 0 Å². The molecule has 0 aliphatic carbocycles. The van der Waals surface area contributed by atoms with Crippen LogP contribution in [0.1, 0.15) is 63.0 Å². The van der Waals surface area contributed by atoms with Crippen LogP contribution in [0, 0.1) is 17.2 Å². The summed E-state index contributed by atoms with van der Waals surface area (Å²) in [6, 6.07) is 10.4. The lowest BCUT2D eigenvalue weighted by molar-refractivity contribution is -0.185. The second-order valence-corrected chi connectivity index (χ2v) is 26.3. The largest absolute Gasteiger partial charge is 0.506 e. The molecule has 5 N–H and O–H groups in total. The number of aliphatic hydroxyl groups is 1. The number of nitriles is 1. The number of hydrogen-bond donors (Lipinski definition) is 5. The van der Waals surface area contributed by atoms with Gasteiger partial charge in [0.2, 0.25) is 11.9 Å². The van der Waals surface area contributed by atoms with Crippen LogP contribution in [-0.2, 0) is 41.6 Å². The van der Waals surface area contributed by atoms with Gasteiger partial charge in [0.05, 0.1) is 62.9 Å². The maximum atomic E-state index is 15.0. The van der Waals surface area contributed by atoms with Crippen LogP contribution in [0.15, 0.2) is 54.1 Å². The Morgan fingerprint density at radius 3 is 2.47 bits per heavy atom. The fraction of sp³-hybridized carbons (Fsp3) is 0.524. The second-order valence-electron chi connectivity index (χ2n) is 18.5. The summed E-state index contributed by atoms with van der Waals surface area (Å²) in [4.78, 5) is 75.7. The zero-order valence-electron chi connectivity index (χ0n) is 39.0. The predicted octanol–water partition coefficient (Wildman–Crippen LogP) is 4.97. The number of amides is 2. The van der Waals surface area contributed by atoms with Crippen molar-refractivity contribution in [2.75, 3.05) is 37.1 Å². The summed E-state index contributed by atoms with van der Waals surface area (Å²) in [5, 5.41) is 33.5. The maximum Gasteiger partial charge on any atom is 0.506 e. The molecule has 28 heteroatoms. The van der Waals surface area contributed by atoms with Crippen LogP contribution in [0.2, 0.25) is 18.1 Å². The summed E-state index contributed by atoms with van der Waals surface area (Å²) in [6.07, 6.45) is -3.88. The number of fused-ring (bicyclic) bond motifs is 4. The number of phosphoric acid groups is 1. The molecule has 2 bridgehead atoms. The highest BCUT2D eigenvalue weighted by Gasteiger charge is 2.65. The highest BCUT2D eigenvalue weighted by Crippen LogP contribution is 2.59. The standard InChI is InChI=1S/C42H52N11O14PSSi/c1-22(2)34(55)50-39-49-33-26(36(57)51-39)47-21-53(33)38-28(64-40(58)59)27(67-70(6,7)41(3,4)5)24(69-38)16-63-68(60,62-15-11-14-43)66-30-29-37(65-42(30,17-54)18-61-29)52-20-46-25-31(44-19-45-32(25)52)48-35(56)23-12-9-8-10-13-23/h8-10,12-13,19-22,24,27-30,37-38,54H,11,15-18H2,1-7H3,(H,58,59)(H,44,45,48,56)(H2,49,50,51,55,57)/t24-,27-,28-,29-,30+,37-,38-,42+,68?/m1/s1. The van der Waals surface area contributed by atoms with Gasteiger partial charge in [-0.05, 0) is 30.3 Å². The summed E-state index contributed by atoms with van der Waals surface area (Å²) in [6.45, 7) is 11.4. The number of phosphoric ester groups is 1. The van der Waals surface area contributed by atoms with Gasteiger partial charge in [0.1, 0.15) is 29.5 Å². The lowest BCUT2D eigenvalue weighted by Gasteiger charge is -2.40. The van der Waals surface area contributed by atoms with Crippen molar-refractivity contribution in [3.63, 3.8) is 0 Å². The Hall–Kier alpha value is -5.66. The number of H-pyrrole nitrogens is 1. The van der Waals surface area contributed by atoms with Crippen molar-refractivity contribution in [1.82, 2.24) is 39.0 Å². The van der Waals surface area contributed by atoms with Crippen LogP contribution >= 0.6 is 19.6 Å². The minimum Gasteiger partial charge on any atom is -0.450 e. The first-order chi connectivity index (χ1) is 33.2. The smallest absolute Gasteiger partial charge is 0.450 e. The van der Waals surface area contributed by atoms with E-state index in [1.807, 2.05) is 39.9 Å². The van der Waals surface area contributed by atoms with Gasteiger partial charge in [-0.15, -0.1) is 11.8 Å². The van der Waals surface area contributed by atoms with Crippen molar-refractivity contribution in [2.45, 2.75) is 106 Å². The zero-order chi connectivity index (χ0) is 50.3. The van der Waals surface area contributed by atoms with Crippen LogP contribution in [0.4, 0.5) is 16.6 Å². The van der Waals surface area contributed by atoms with E-state index in [0.29, 0.717) is 5.56 Å². The molecule has 2 amide bonds. The summed E-state index contributed by atoms with van der Waals surface area (Å²) >= 11 is 1.10. The van der Waals surface area contributed by atoms with Crippen molar-refractivity contribution in [1.29, 1.82) is 5.26 Å². The summed E-state index contributed by atoms with van der Waals surface area (Å²) in [5.41, 5.74) is -1.62. The average Bonchev–Trinajstić information content (AvgIpc) is 4.14. The molecule has 374 valence electrons. The van der Waals surface area contributed by atoms with Gasteiger partial charge in [0, 0.05) is 11.5 Å². The van der Waals surface area contributed by atoms with Gasteiger partial charge in [-0.1, -0.05) is 52.8 Å². The summed E-state index contributed by atoms with van der Waals surface area (Å²) < 4.78 is 61.2. The van der Waals surface area contributed by atoms with E-state index in [1.54, 1.807) is 44.2 Å². The second kappa shape index (κ2) is 19.9. The minimum absolute atomic E-state index is 0.00774. The van der Waals surface area contributed by atoms with Gasteiger partial charge in [-0.2, -0.15) is 10.2 Å². The highest BCUT2D eigenvalue weighted by atomic mass is 32.2. The van der Waals surface area contributed by atoms with E-state index in [4.69, 9.17) is 32.2 Å². The Morgan fingerprint density at radius 1 is 1.06 bits per heavy atom. The van der Waals surface area contributed by atoms with Crippen molar-refractivity contribution in [3.8, 4) is 6.07 Å². The molecule has 9 atom stereocenters. The minimum atomic E-state index is -4.81. The van der Waals surface area contributed by atoms with E-state index in [-0.39, 0.29) is 47.1 Å². The highest BCUT2D eigenvalue weighted by molar-refractivity contribution is 8.00. The number of rotatable bonds is 18. The van der Waals surface area contributed by atoms with Crippen molar-refractivity contribution >= 4 is 80.0 Å². The van der Waals surface area contributed by atoms with Gasteiger partial charge in [0.15, 0.2) is 48.8 Å². The first-order valence-electron chi connectivity index (χ1n) is 22.1. The number of carbonyl (C=O) groups excluding carboxylic acids is 2. The molecule has 3 aliphatic rings. The first kappa shape index (κ1) is 50.7. The quantitative estimate of drug-likeness (QED) is 0.0335. The van der Waals surface area contributed by atoms with Gasteiger partial charge in [-0.25, -0.2) is 29.3 Å². The number of benzene rings is 1. The average molecular weight is 1030 g/mol. The molecular weight excluding hydrogens is 974 g/mol. The molecule has 0 radical (unpaired) electrons. The third kappa shape index (κ3) is 9.97. The fourth-order valence-corrected chi connectivity index (χ4v) is 12.3. The summed E-state index contributed by atoms with van der Waals surface area (Å²) in [5.74, 6) is -1.37. The molecule has 7 heterocycles. The number of imidazole rings is 2. The Kier molecular flexibility index (Phi) is 14.4. The third-order valence-corrected chi connectivity index (χ3v) is 19.9. The van der Waals surface area contributed by atoms with E-state index in [0.717, 1.165) is 11.8 Å². The van der Waals surface area contributed by atoms with E-state index in [9.17, 15) is 34.7 Å². The maximum absolute atomic E-state index is 15.0. The number of aliphatic hydroxyl groups excluding tert-OH is 1. The molecule has 25 nitrogen and oxygen atoms in total. The molecule has 0 saturated carbocycles. The van der Waals surface area contributed by atoms with Crippen LogP contribution in [-0.4, -0.2) is 137 Å². The molecule has 70 heavy (non-hydrogen) atoms. The number of carboxylic acid groups (broad SMARTS) is 1.